The molecule has 0 saturated carbocycles. The van der Waals surface area contributed by atoms with Crippen LogP contribution in [0, 0.1) is 0 Å². The largest absolute Gasteiger partial charge is 0.324 e. The van der Waals surface area contributed by atoms with E-state index in [1.165, 1.54) is 17.8 Å². The van der Waals surface area contributed by atoms with Gasteiger partial charge in [0.05, 0.1) is 16.5 Å². The summed E-state index contributed by atoms with van der Waals surface area (Å²) in [6, 6.07) is 27.4. The molecule has 0 spiro atoms. The van der Waals surface area contributed by atoms with Gasteiger partial charge in [0.2, 0.25) is 5.91 Å². The number of hydrogen-bond acceptors (Lipinski definition) is 4. The number of amides is 3. The van der Waals surface area contributed by atoms with Crippen molar-refractivity contribution < 1.29 is 14.4 Å². The van der Waals surface area contributed by atoms with Gasteiger partial charge in [-0.15, -0.1) is 11.8 Å². The van der Waals surface area contributed by atoms with Crippen molar-refractivity contribution in [2.75, 3.05) is 16.4 Å². The van der Waals surface area contributed by atoms with Crippen LogP contribution in [-0.4, -0.2) is 23.5 Å². The quantitative estimate of drug-likeness (QED) is 0.133. The fraction of sp³-hybridized carbons (Fsp3) is 0.0333. The smallest absolute Gasteiger partial charge is 0.272 e. The van der Waals surface area contributed by atoms with Crippen LogP contribution in [0.25, 0.3) is 6.08 Å². The van der Waals surface area contributed by atoms with Gasteiger partial charge in [-0.2, -0.15) is 0 Å². The number of benzene rings is 4. The predicted octanol–water partition coefficient (Wildman–Crippen LogP) is 7.79. The first kappa shape index (κ1) is 29.2. The third kappa shape index (κ3) is 8.13. The summed E-state index contributed by atoms with van der Waals surface area (Å²) in [4.78, 5) is 39.4. The van der Waals surface area contributed by atoms with Crippen molar-refractivity contribution in [1.82, 2.24) is 5.32 Å². The highest BCUT2D eigenvalue weighted by Gasteiger charge is 2.17. The van der Waals surface area contributed by atoms with Crippen LogP contribution in [0.2, 0.25) is 15.1 Å². The number of rotatable bonds is 9. The number of hydrogen-bond donors (Lipinski definition) is 3. The molecule has 0 heterocycles. The van der Waals surface area contributed by atoms with E-state index in [4.69, 9.17) is 34.8 Å². The molecule has 0 radical (unpaired) electrons. The number of nitrogens with one attached hydrogen (secondary N) is 3. The van der Waals surface area contributed by atoms with Crippen LogP contribution in [0.3, 0.4) is 0 Å². The molecule has 0 aliphatic carbocycles. The molecule has 0 bridgehead atoms. The molecule has 0 aromatic heterocycles. The molecule has 0 unspecified atom stereocenters. The van der Waals surface area contributed by atoms with Gasteiger partial charge in [0.15, 0.2) is 0 Å². The van der Waals surface area contributed by atoms with Gasteiger partial charge in [0.25, 0.3) is 11.8 Å². The highest BCUT2D eigenvalue weighted by molar-refractivity contribution is 8.00. The van der Waals surface area contributed by atoms with Crippen molar-refractivity contribution >= 4 is 81.7 Å². The van der Waals surface area contributed by atoms with Crippen molar-refractivity contribution in [3.63, 3.8) is 0 Å². The van der Waals surface area contributed by atoms with Crippen molar-refractivity contribution in [3.8, 4) is 0 Å². The van der Waals surface area contributed by atoms with Gasteiger partial charge in [0.1, 0.15) is 5.70 Å². The van der Waals surface area contributed by atoms with Crippen LogP contribution in [0.4, 0.5) is 11.4 Å². The minimum atomic E-state index is -0.584. The summed E-state index contributed by atoms with van der Waals surface area (Å²) in [7, 11) is 0. The Morgan fingerprint density at radius 3 is 2.10 bits per heavy atom. The molecule has 40 heavy (non-hydrogen) atoms. The summed E-state index contributed by atoms with van der Waals surface area (Å²) in [5, 5.41) is 9.32. The molecule has 6 nitrogen and oxygen atoms in total. The molecule has 3 N–H and O–H groups in total. The zero-order valence-corrected chi connectivity index (χ0v) is 23.9. The molecule has 3 amide bonds. The fourth-order valence-corrected chi connectivity index (χ4v) is 4.94. The zero-order chi connectivity index (χ0) is 28.5. The molecule has 202 valence electrons. The Morgan fingerprint density at radius 1 is 0.725 bits per heavy atom. The average Bonchev–Trinajstić information content (AvgIpc) is 2.95. The van der Waals surface area contributed by atoms with Crippen LogP contribution >= 0.6 is 46.6 Å². The monoisotopic (exact) mass is 609 g/mol. The summed E-state index contributed by atoms with van der Waals surface area (Å²) in [5.74, 6) is -1.15. The molecular weight excluding hydrogens is 589 g/mol. The van der Waals surface area contributed by atoms with Crippen LogP contribution < -0.4 is 16.0 Å². The van der Waals surface area contributed by atoms with Crippen molar-refractivity contribution in [3.05, 3.63) is 129 Å². The SMILES string of the molecule is O=C(CSc1cccc(NC(=O)/C(=C\c2c(Cl)cccc2Cl)NC(=O)c2ccccc2)c1)Nc1ccccc1Cl. The maximum Gasteiger partial charge on any atom is 0.272 e. The van der Waals surface area contributed by atoms with E-state index in [0.29, 0.717) is 37.6 Å². The molecule has 4 aromatic rings. The maximum absolute atomic E-state index is 13.4. The van der Waals surface area contributed by atoms with Gasteiger partial charge < -0.3 is 16.0 Å². The van der Waals surface area contributed by atoms with Gasteiger partial charge in [0, 0.05) is 31.8 Å². The normalized spacial score (nSPS) is 11.0. The third-order valence-corrected chi connectivity index (χ3v) is 7.41. The molecule has 10 heteroatoms. The molecule has 0 atom stereocenters. The van der Waals surface area contributed by atoms with Gasteiger partial charge in [-0.25, -0.2) is 0 Å². The summed E-state index contributed by atoms with van der Waals surface area (Å²) < 4.78 is 0. The Bertz CT molecular complexity index is 1560. The van der Waals surface area contributed by atoms with Crippen molar-refractivity contribution in [2.45, 2.75) is 4.90 Å². The Kier molecular flexibility index (Phi) is 10.3. The Balaban J connectivity index is 1.49. The summed E-state index contributed by atoms with van der Waals surface area (Å²) in [6.07, 6.45) is 1.43. The highest BCUT2D eigenvalue weighted by atomic mass is 35.5. The number of carbonyl (C=O) groups excluding carboxylic acids is 3. The zero-order valence-electron chi connectivity index (χ0n) is 20.8. The van der Waals surface area contributed by atoms with E-state index in [1.807, 2.05) is 6.07 Å². The number of para-hydroxylation sites is 1. The third-order valence-electron chi connectivity index (χ3n) is 5.43. The van der Waals surface area contributed by atoms with Crippen LogP contribution in [0.15, 0.2) is 108 Å². The van der Waals surface area contributed by atoms with E-state index < -0.39 is 11.8 Å². The lowest BCUT2D eigenvalue weighted by Crippen LogP contribution is -2.30. The van der Waals surface area contributed by atoms with E-state index in [1.54, 1.807) is 91.0 Å². The highest BCUT2D eigenvalue weighted by Crippen LogP contribution is 2.27. The minimum Gasteiger partial charge on any atom is -0.324 e. The second-order valence-electron chi connectivity index (χ2n) is 8.31. The van der Waals surface area contributed by atoms with E-state index >= 15 is 0 Å². The van der Waals surface area contributed by atoms with E-state index in [2.05, 4.69) is 16.0 Å². The topological polar surface area (TPSA) is 87.3 Å². The summed E-state index contributed by atoms with van der Waals surface area (Å²) >= 11 is 20.0. The number of anilines is 2. The lowest BCUT2D eigenvalue weighted by atomic mass is 10.1. The average molecular weight is 611 g/mol. The van der Waals surface area contributed by atoms with Crippen molar-refractivity contribution in [2.24, 2.45) is 0 Å². The van der Waals surface area contributed by atoms with Gasteiger partial charge in [-0.1, -0.05) is 77.3 Å². The van der Waals surface area contributed by atoms with E-state index in [-0.39, 0.29) is 17.4 Å². The fourth-order valence-electron chi connectivity index (χ4n) is 3.50. The standard InChI is InChI=1S/C30H22Cl3N3O3S/c31-23-13-7-14-24(32)22(23)17-27(36-29(38)19-8-2-1-3-9-19)30(39)34-20-10-6-11-21(16-20)40-18-28(37)35-26-15-5-4-12-25(26)33/h1-17H,18H2,(H,34,39)(H,35,37)(H,36,38)/b27-17+. The second kappa shape index (κ2) is 14.1. The lowest BCUT2D eigenvalue weighted by molar-refractivity contribution is -0.114. The minimum absolute atomic E-state index is 0.0546. The number of carbonyl (C=O) groups is 3. The second-order valence-corrected chi connectivity index (χ2v) is 10.6. The van der Waals surface area contributed by atoms with Crippen LogP contribution in [-0.2, 0) is 9.59 Å². The van der Waals surface area contributed by atoms with Crippen LogP contribution in [0.1, 0.15) is 15.9 Å². The molecule has 0 aliphatic heterocycles. The lowest BCUT2D eigenvalue weighted by Gasteiger charge is -2.13. The van der Waals surface area contributed by atoms with Gasteiger partial charge in [-0.05, 0) is 60.7 Å². The number of halogens is 3. The van der Waals surface area contributed by atoms with E-state index in [0.717, 1.165) is 4.90 Å². The van der Waals surface area contributed by atoms with E-state index in [9.17, 15) is 14.4 Å². The first-order valence-electron chi connectivity index (χ1n) is 11.9. The molecule has 4 aromatic carbocycles. The summed E-state index contributed by atoms with van der Waals surface area (Å²) in [6.45, 7) is 0. The Labute approximate surface area is 250 Å². The first-order valence-corrected chi connectivity index (χ1v) is 14.0. The molecular formula is C30H22Cl3N3O3S. The Morgan fingerprint density at radius 2 is 1.38 bits per heavy atom. The molecule has 0 aliphatic rings. The van der Waals surface area contributed by atoms with Gasteiger partial charge in [-0.3, -0.25) is 14.4 Å². The van der Waals surface area contributed by atoms with Crippen molar-refractivity contribution in [1.29, 1.82) is 0 Å². The molecule has 0 fully saturated rings. The number of thioether (sulfide) groups is 1. The van der Waals surface area contributed by atoms with Gasteiger partial charge >= 0.3 is 0 Å². The van der Waals surface area contributed by atoms with Crippen LogP contribution in [0.5, 0.6) is 0 Å². The first-order chi connectivity index (χ1) is 19.3. The summed E-state index contributed by atoms with van der Waals surface area (Å²) in [5.41, 5.74) is 1.71. The predicted molar refractivity (Wildman–Crippen MR) is 164 cm³/mol. The Hall–Kier alpha value is -3.75. The maximum atomic E-state index is 13.4. The molecule has 4 rings (SSSR count). The molecule has 0 saturated heterocycles.